The second kappa shape index (κ2) is 5.73. The van der Waals surface area contributed by atoms with Gasteiger partial charge in [-0.25, -0.2) is 0 Å². The van der Waals surface area contributed by atoms with Gasteiger partial charge in [-0.3, -0.25) is 4.79 Å². The molecule has 1 N–H and O–H groups in total. The molecule has 0 aromatic heterocycles. The first-order chi connectivity index (χ1) is 9.45. The molecule has 1 aromatic carbocycles. The van der Waals surface area contributed by atoms with Crippen molar-refractivity contribution in [1.29, 1.82) is 0 Å². The molecule has 0 radical (unpaired) electrons. The summed E-state index contributed by atoms with van der Waals surface area (Å²) in [5.74, 6) is 0.0113. The number of rotatable bonds is 5. The van der Waals surface area contributed by atoms with Crippen LogP contribution in [0.15, 0.2) is 18.2 Å². The van der Waals surface area contributed by atoms with Gasteiger partial charge in [0.15, 0.2) is 0 Å². The molecule has 20 heavy (non-hydrogen) atoms. The van der Waals surface area contributed by atoms with Crippen molar-refractivity contribution in [2.75, 3.05) is 18.6 Å². The SMILES string of the molecule is COc1cccc2c1C(CC(C)C(=O)O)CN2C(C)C. The van der Waals surface area contributed by atoms with Crippen LogP contribution < -0.4 is 9.64 Å². The fourth-order valence-corrected chi connectivity index (χ4v) is 3.01. The van der Waals surface area contributed by atoms with E-state index in [1.54, 1.807) is 14.0 Å². The topological polar surface area (TPSA) is 49.8 Å². The summed E-state index contributed by atoms with van der Waals surface area (Å²) in [6, 6.07) is 6.45. The monoisotopic (exact) mass is 277 g/mol. The third-order valence-corrected chi connectivity index (χ3v) is 4.08. The highest BCUT2D eigenvalue weighted by Gasteiger charge is 2.34. The first-order valence-corrected chi connectivity index (χ1v) is 7.12. The van der Waals surface area contributed by atoms with Crippen LogP contribution in [0.4, 0.5) is 5.69 Å². The van der Waals surface area contributed by atoms with Gasteiger partial charge in [-0.15, -0.1) is 0 Å². The lowest BCUT2D eigenvalue weighted by atomic mass is 9.90. The van der Waals surface area contributed by atoms with Gasteiger partial charge in [0.2, 0.25) is 0 Å². The van der Waals surface area contributed by atoms with Crippen molar-refractivity contribution in [2.45, 2.75) is 39.2 Å². The minimum Gasteiger partial charge on any atom is -0.496 e. The number of benzene rings is 1. The van der Waals surface area contributed by atoms with Crippen molar-refractivity contribution in [2.24, 2.45) is 5.92 Å². The molecule has 2 rings (SSSR count). The Kier molecular flexibility index (Phi) is 4.21. The zero-order valence-electron chi connectivity index (χ0n) is 12.6. The summed E-state index contributed by atoms with van der Waals surface area (Å²) in [5.41, 5.74) is 2.35. The molecule has 0 amide bonds. The number of hydrogen-bond acceptors (Lipinski definition) is 3. The highest BCUT2D eigenvalue weighted by molar-refractivity contribution is 5.71. The number of carboxylic acid groups (broad SMARTS) is 1. The summed E-state index contributed by atoms with van der Waals surface area (Å²) in [7, 11) is 1.67. The largest absolute Gasteiger partial charge is 0.496 e. The first kappa shape index (κ1) is 14.7. The van der Waals surface area contributed by atoms with Crippen molar-refractivity contribution < 1.29 is 14.6 Å². The predicted octanol–water partition coefficient (Wildman–Crippen LogP) is 3.12. The van der Waals surface area contributed by atoms with Gasteiger partial charge in [0.05, 0.1) is 13.0 Å². The van der Waals surface area contributed by atoms with Gasteiger partial charge in [0, 0.05) is 29.8 Å². The molecule has 0 saturated heterocycles. The van der Waals surface area contributed by atoms with Gasteiger partial charge in [-0.1, -0.05) is 13.0 Å². The van der Waals surface area contributed by atoms with Crippen LogP contribution >= 0.6 is 0 Å². The van der Waals surface area contributed by atoms with Crippen LogP contribution in [0.5, 0.6) is 5.75 Å². The van der Waals surface area contributed by atoms with Crippen LogP contribution in [0.2, 0.25) is 0 Å². The molecule has 0 bridgehead atoms. The quantitative estimate of drug-likeness (QED) is 0.898. The van der Waals surface area contributed by atoms with E-state index in [0.717, 1.165) is 17.9 Å². The number of fused-ring (bicyclic) bond motifs is 1. The fraction of sp³-hybridized carbons (Fsp3) is 0.562. The Bertz CT molecular complexity index is 498. The van der Waals surface area contributed by atoms with Crippen LogP contribution in [0.1, 0.15) is 38.7 Å². The van der Waals surface area contributed by atoms with Gasteiger partial charge >= 0.3 is 5.97 Å². The molecule has 4 nitrogen and oxygen atoms in total. The Hall–Kier alpha value is -1.71. The molecule has 0 fully saturated rings. The lowest BCUT2D eigenvalue weighted by Crippen LogP contribution is -2.30. The van der Waals surface area contributed by atoms with Crippen molar-refractivity contribution in [1.82, 2.24) is 0 Å². The number of aliphatic carboxylic acids is 1. The highest BCUT2D eigenvalue weighted by Crippen LogP contribution is 2.45. The van der Waals surface area contributed by atoms with Crippen molar-refractivity contribution in [3.05, 3.63) is 23.8 Å². The van der Waals surface area contributed by atoms with E-state index in [2.05, 4.69) is 24.8 Å². The molecule has 1 heterocycles. The Morgan fingerprint density at radius 3 is 2.70 bits per heavy atom. The lowest BCUT2D eigenvalue weighted by molar-refractivity contribution is -0.141. The van der Waals surface area contributed by atoms with Gasteiger partial charge in [-0.2, -0.15) is 0 Å². The molecule has 2 unspecified atom stereocenters. The van der Waals surface area contributed by atoms with E-state index in [4.69, 9.17) is 9.84 Å². The van der Waals surface area contributed by atoms with Gasteiger partial charge in [0.25, 0.3) is 0 Å². The number of carbonyl (C=O) groups is 1. The van der Waals surface area contributed by atoms with Crippen LogP contribution in [0.3, 0.4) is 0 Å². The summed E-state index contributed by atoms with van der Waals surface area (Å²) in [5, 5.41) is 9.15. The number of hydrogen-bond donors (Lipinski definition) is 1. The van der Waals surface area contributed by atoms with Crippen molar-refractivity contribution in [3.63, 3.8) is 0 Å². The summed E-state index contributed by atoms with van der Waals surface area (Å²) in [6.45, 7) is 6.96. The smallest absolute Gasteiger partial charge is 0.306 e. The zero-order valence-corrected chi connectivity index (χ0v) is 12.6. The number of nitrogens with zero attached hydrogens (tertiary/aromatic N) is 1. The van der Waals surface area contributed by atoms with E-state index in [9.17, 15) is 4.79 Å². The predicted molar refractivity (Wildman–Crippen MR) is 79.6 cm³/mol. The number of anilines is 1. The summed E-state index contributed by atoms with van der Waals surface area (Å²) >= 11 is 0. The van der Waals surface area contributed by atoms with E-state index in [1.807, 2.05) is 12.1 Å². The maximum atomic E-state index is 11.1. The van der Waals surface area contributed by atoms with E-state index in [-0.39, 0.29) is 11.8 Å². The number of carboxylic acids is 1. The average molecular weight is 277 g/mol. The maximum absolute atomic E-state index is 11.1. The van der Waals surface area contributed by atoms with Crippen LogP contribution in [-0.2, 0) is 4.79 Å². The Morgan fingerprint density at radius 2 is 2.15 bits per heavy atom. The maximum Gasteiger partial charge on any atom is 0.306 e. The van der Waals surface area contributed by atoms with Crippen LogP contribution in [-0.4, -0.2) is 30.8 Å². The second-order valence-electron chi connectivity index (χ2n) is 5.81. The number of methoxy groups -OCH3 is 1. The van der Waals surface area contributed by atoms with Gasteiger partial charge < -0.3 is 14.7 Å². The fourth-order valence-electron chi connectivity index (χ4n) is 3.01. The Morgan fingerprint density at radius 1 is 1.45 bits per heavy atom. The van der Waals surface area contributed by atoms with E-state index >= 15 is 0 Å². The van der Waals surface area contributed by atoms with Crippen molar-refractivity contribution in [3.8, 4) is 5.75 Å². The summed E-state index contributed by atoms with van der Waals surface area (Å²) in [4.78, 5) is 13.5. The Balaban J connectivity index is 2.36. The average Bonchev–Trinajstić information content (AvgIpc) is 2.77. The molecule has 1 aliphatic heterocycles. The van der Waals surface area contributed by atoms with E-state index in [1.165, 1.54) is 5.69 Å². The third kappa shape index (κ3) is 2.60. The standard InChI is InChI=1S/C16H23NO3/c1-10(2)17-9-12(8-11(3)16(18)19)15-13(17)6-5-7-14(15)20-4/h5-7,10-12H,8-9H2,1-4H3,(H,18,19). The minimum atomic E-state index is -0.732. The van der Waals surface area contributed by atoms with Crippen LogP contribution in [0.25, 0.3) is 0 Å². The Labute approximate surface area is 120 Å². The van der Waals surface area contributed by atoms with E-state index in [0.29, 0.717) is 12.5 Å². The normalized spacial score (nSPS) is 19.1. The van der Waals surface area contributed by atoms with E-state index < -0.39 is 5.97 Å². The highest BCUT2D eigenvalue weighted by atomic mass is 16.5. The molecule has 2 atom stereocenters. The molecular weight excluding hydrogens is 254 g/mol. The summed E-state index contributed by atoms with van der Waals surface area (Å²) < 4.78 is 5.48. The van der Waals surface area contributed by atoms with Crippen molar-refractivity contribution >= 4 is 11.7 Å². The molecule has 0 spiro atoms. The molecule has 1 aliphatic rings. The molecule has 0 aliphatic carbocycles. The first-order valence-electron chi connectivity index (χ1n) is 7.12. The molecular formula is C16H23NO3. The van der Waals surface area contributed by atoms with Gasteiger partial charge in [0.1, 0.15) is 5.75 Å². The molecule has 0 saturated carbocycles. The third-order valence-electron chi connectivity index (χ3n) is 4.08. The van der Waals surface area contributed by atoms with Gasteiger partial charge in [-0.05, 0) is 32.4 Å². The van der Waals surface area contributed by atoms with Crippen LogP contribution in [0, 0.1) is 5.92 Å². The molecule has 1 aromatic rings. The number of ether oxygens (including phenoxy) is 1. The summed E-state index contributed by atoms with van der Waals surface area (Å²) in [6.07, 6.45) is 0.645. The molecule has 110 valence electrons. The zero-order chi connectivity index (χ0) is 14.9. The second-order valence-corrected chi connectivity index (χ2v) is 5.81. The minimum absolute atomic E-state index is 0.217. The molecule has 4 heteroatoms. The lowest BCUT2D eigenvalue weighted by Gasteiger charge is -2.24.